The number of hydrogen-bond acceptors (Lipinski definition) is 5. The maximum absolute atomic E-state index is 12.6. The minimum atomic E-state index is -3.00. The maximum Gasteiger partial charge on any atom is 0.255 e. The molecule has 2 aromatic rings. The van der Waals surface area contributed by atoms with E-state index < -0.39 is 9.84 Å². The fourth-order valence-corrected chi connectivity index (χ4v) is 5.38. The second kappa shape index (κ2) is 8.53. The summed E-state index contributed by atoms with van der Waals surface area (Å²) in [5.41, 5.74) is 1.93. The van der Waals surface area contributed by atoms with Crippen LogP contribution in [0, 0.1) is 0 Å². The highest BCUT2D eigenvalue weighted by molar-refractivity contribution is 7.91. The van der Waals surface area contributed by atoms with Crippen molar-refractivity contribution >= 4 is 21.6 Å². The zero-order valence-electron chi connectivity index (χ0n) is 16.5. The van der Waals surface area contributed by atoms with Crippen molar-refractivity contribution in [1.29, 1.82) is 0 Å². The first-order valence-electron chi connectivity index (χ1n) is 10.3. The van der Waals surface area contributed by atoms with Gasteiger partial charge >= 0.3 is 0 Å². The molecule has 1 atom stereocenters. The van der Waals surface area contributed by atoms with Gasteiger partial charge in [0.15, 0.2) is 9.84 Å². The second-order valence-electron chi connectivity index (χ2n) is 7.87. The van der Waals surface area contributed by atoms with Crippen LogP contribution in [0.3, 0.4) is 0 Å². The average Bonchev–Trinajstić information content (AvgIpc) is 3.00. The van der Waals surface area contributed by atoms with Crippen LogP contribution in [0.15, 0.2) is 48.7 Å². The molecular formula is C22H27N3O3S. The monoisotopic (exact) mass is 413 g/mol. The molecule has 3 heterocycles. The fraction of sp³-hybridized carbons (Fsp3) is 0.455. The lowest BCUT2D eigenvalue weighted by Gasteiger charge is -2.27. The Morgan fingerprint density at radius 1 is 0.931 bits per heavy atom. The Bertz CT molecular complexity index is 931. The van der Waals surface area contributed by atoms with Crippen LogP contribution in [-0.4, -0.2) is 61.9 Å². The molecule has 4 rings (SSSR count). The summed E-state index contributed by atoms with van der Waals surface area (Å²) in [6.45, 7) is 2.43. The molecule has 1 unspecified atom stereocenters. The van der Waals surface area contributed by atoms with Gasteiger partial charge in [-0.2, -0.15) is 0 Å². The normalized spacial score (nSPS) is 22.1. The first-order valence-corrected chi connectivity index (χ1v) is 12.1. The van der Waals surface area contributed by atoms with Crippen LogP contribution < -0.4 is 4.90 Å². The number of anilines is 1. The Balaban J connectivity index is 1.38. The molecule has 154 valence electrons. The lowest BCUT2D eigenvalue weighted by Crippen LogP contribution is -2.43. The summed E-state index contributed by atoms with van der Waals surface area (Å²) >= 11 is 0. The molecule has 0 N–H and O–H groups in total. The molecule has 2 fully saturated rings. The van der Waals surface area contributed by atoms with E-state index in [0.717, 1.165) is 31.7 Å². The maximum atomic E-state index is 12.6. The molecular weight excluding hydrogens is 386 g/mol. The third kappa shape index (κ3) is 4.78. The van der Waals surface area contributed by atoms with Crippen molar-refractivity contribution in [3.05, 3.63) is 59.8 Å². The van der Waals surface area contributed by atoms with Crippen molar-refractivity contribution in [2.45, 2.75) is 25.2 Å². The molecule has 7 heteroatoms. The number of rotatable bonds is 3. The number of pyridine rings is 1. The van der Waals surface area contributed by atoms with Crippen LogP contribution in [0.25, 0.3) is 0 Å². The second-order valence-corrected chi connectivity index (χ2v) is 10.2. The predicted octanol–water partition coefficient (Wildman–Crippen LogP) is 2.73. The third-order valence-corrected chi connectivity index (χ3v) is 7.56. The van der Waals surface area contributed by atoms with E-state index in [1.807, 2.05) is 12.1 Å². The van der Waals surface area contributed by atoms with Crippen molar-refractivity contribution in [1.82, 2.24) is 9.88 Å². The van der Waals surface area contributed by atoms with Crippen molar-refractivity contribution in [2.24, 2.45) is 0 Å². The van der Waals surface area contributed by atoms with Crippen molar-refractivity contribution in [3.8, 4) is 0 Å². The fourth-order valence-electron chi connectivity index (χ4n) is 4.18. The lowest BCUT2D eigenvalue weighted by atomic mass is 9.92. The van der Waals surface area contributed by atoms with Crippen LogP contribution in [-0.2, 0) is 9.84 Å². The molecule has 1 aromatic carbocycles. The first kappa shape index (κ1) is 19.9. The predicted molar refractivity (Wildman–Crippen MR) is 114 cm³/mol. The number of carbonyl (C=O) groups excluding carboxylic acids is 1. The van der Waals surface area contributed by atoms with Gasteiger partial charge in [0.05, 0.1) is 17.1 Å². The number of benzene rings is 1. The molecule has 0 radical (unpaired) electrons. The smallest absolute Gasteiger partial charge is 0.255 e. The van der Waals surface area contributed by atoms with Crippen LogP contribution in [0.1, 0.15) is 41.1 Å². The van der Waals surface area contributed by atoms with Gasteiger partial charge in [-0.1, -0.05) is 30.3 Å². The summed E-state index contributed by atoms with van der Waals surface area (Å²) in [6, 6.07) is 14.4. The van der Waals surface area contributed by atoms with Gasteiger partial charge in [-0.15, -0.1) is 0 Å². The van der Waals surface area contributed by atoms with E-state index in [0.29, 0.717) is 11.5 Å². The van der Waals surface area contributed by atoms with E-state index in [1.165, 1.54) is 12.0 Å². The highest BCUT2D eigenvalue weighted by Gasteiger charge is 2.26. The van der Waals surface area contributed by atoms with Gasteiger partial charge in [-0.05, 0) is 42.9 Å². The van der Waals surface area contributed by atoms with Gasteiger partial charge in [0.1, 0.15) is 5.82 Å². The molecule has 1 amide bonds. The SMILES string of the molecule is O=C(c1ccc(N2CCCC(c3ccccc3)CC2)nc1)N1CCS(=O)(=O)CC1. The number of sulfone groups is 1. The van der Waals surface area contributed by atoms with Crippen LogP contribution in [0.4, 0.5) is 5.82 Å². The molecule has 2 aliphatic heterocycles. The van der Waals surface area contributed by atoms with Crippen molar-refractivity contribution < 1.29 is 13.2 Å². The molecule has 29 heavy (non-hydrogen) atoms. The van der Waals surface area contributed by atoms with Gasteiger partial charge in [0.25, 0.3) is 5.91 Å². The molecule has 0 spiro atoms. The van der Waals surface area contributed by atoms with Gasteiger partial charge in [0, 0.05) is 32.4 Å². The molecule has 6 nitrogen and oxygen atoms in total. The topological polar surface area (TPSA) is 70.6 Å². The lowest BCUT2D eigenvalue weighted by molar-refractivity contribution is 0.0770. The van der Waals surface area contributed by atoms with Crippen LogP contribution >= 0.6 is 0 Å². The Hall–Kier alpha value is -2.41. The molecule has 0 saturated carbocycles. The molecule has 2 aliphatic rings. The Labute approximate surface area is 172 Å². The van der Waals surface area contributed by atoms with Gasteiger partial charge in [0.2, 0.25) is 0 Å². The Morgan fingerprint density at radius 3 is 2.38 bits per heavy atom. The summed E-state index contributed by atoms with van der Waals surface area (Å²) in [7, 11) is -3.00. The van der Waals surface area contributed by atoms with E-state index in [2.05, 4.69) is 40.2 Å². The number of amides is 1. The molecule has 0 bridgehead atoms. The Kier molecular flexibility index (Phi) is 5.85. The molecule has 1 aromatic heterocycles. The van der Waals surface area contributed by atoms with Gasteiger partial charge in [-0.3, -0.25) is 4.79 Å². The zero-order chi connectivity index (χ0) is 20.3. The minimum Gasteiger partial charge on any atom is -0.357 e. The number of nitrogens with zero attached hydrogens (tertiary/aromatic N) is 3. The van der Waals surface area contributed by atoms with E-state index in [9.17, 15) is 13.2 Å². The number of hydrogen-bond donors (Lipinski definition) is 0. The van der Waals surface area contributed by atoms with Crippen molar-refractivity contribution in [2.75, 3.05) is 42.6 Å². The highest BCUT2D eigenvalue weighted by atomic mass is 32.2. The Morgan fingerprint density at radius 2 is 1.69 bits per heavy atom. The van der Waals surface area contributed by atoms with Crippen molar-refractivity contribution in [3.63, 3.8) is 0 Å². The standard InChI is InChI=1S/C22H27N3O3S/c26-22(25-13-15-29(27,28)16-14-25)20-8-9-21(23-17-20)24-11-4-7-19(10-12-24)18-5-2-1-3-6-18/h1-3,5-6,8-9,17,19H,4,7,10-16H2. The average molecular weight is 414 g/mol. The van der Waals surface area contributed by atoms with E-state index in [-0.39, 0.29) is 30.5 Å². The molecule has 2 saturated heterocycles. The zero-order valence-corrected chi connectivity index (χ0v) is 17.4. The quantitative estimate of drug-likeness (QED) is 0.774. The van der Waals surface area contributed by atoms with Crippen LogP contribution in [0.5, 0.6) is 0 Å². The van der Waals surface area contributed by atoms with E-state index >= 15 is 0 Å². The van der Waals surface area contributed by atoms with Gasteiger partial charge < -0.3 is 9.80 Å². The van der Waals surface area contributed by atoms with E-state index in [4.69, 9.17) is 0 Å². The summed E-state index contributed by atoms with van der Waals surface area (Å²) in [5.74, 6) is 1.43. The largest absolute Gasteiger partial charge is 0.357 e. The van der Waals surface area contributed by atoms with E-state index in [1.54, 1.807) is 11.1 Å². The number of aromatic nitrogens is 1. The summed E-state index contributed by atoms with van der Waals surface area (Å²) in [5, 5.41) is 0. The number of carbonyl (C=O) groups is 1. The van der Waals surface area contributed by atoms with Crippen LogP contribution in [0.2, 0.25) is 0 Å². The summed E-state index contributed by atoms with van der Waals surface area (Å²) < 4.78 is 23.1. The first-order chi connectivity index (χ1) is 14.0. The third-order valence-electron chi connectivity index (χ3n) is 5.95. The van der Waals surface area contributed by atoms with Gasteiger partial charge in [-0.25, -0.2) is 13.4 Å². The minimum absolute atomic E-state index is 0.0423. The summed E-state index contributed by atoms with van der Waals surface area (Å²) in [6.07, 6.45) is 5.01. The summed E-state index contributed by atoms with van der Waals surface area (Å²) in [4.78, 5) is 21.1. The molecule has 0 aliphatic carbocycles. The highest BCUT2D eigenvalue weighted by Crippen LogP contribution is 2.29.